The molecule has 0 unspecified atom stereocenters. The molecule has 1 aromatic carbocycles. The van der Waals surface area contributed by atoms with Crippen molar-refractivity contribution < 1.29 is 14.6 Å². The Hall–Kier alpha value is -1.24. The molecule has 6 heteroatoms. The summed E-state index contributed by atoms with van der Waals surface area (Å²) in [5.41, 5.74) is 1.36. The molecule has 18 heavy (non-hydrogen) atoms. The number of carbonyl (C=O) groups is 1. The largest absolute Gasteiger partial charge is 0.477 e. The molecule has 0 aliphatic carbocycles. The summed E-state index contributed by atoms with van der Waals surface area (Å²) >= 11 is 4.52. The lowest BCUT2D eigenvalue weighted by Gasteiger charge is -1.96. The van der Waals surface area contributed by atoms with Crippen molar-refractivity contribution in [3.8, 4) is 10.6 Å². The number of aromatic carboxylic acids is 1. The first-order valence-corrected chi connectivity index (χ1v) is 6.70. The smallest absolute Gasteiger partial charge is 0.347 e. The molecule has 0 fully saturated rings. The highest BCUT2D eigenvalue weighted by atomic mass is 79.9. The molecule has 2 rings (SSSR count). The molecule has 0 atom stereocenters. The van der Waals surface area contributed by atoms with E-state index in [0.717, 1.165) is 21.4 Å². The van der Waals surface area contributed by atoms with Gasteiger partial charge in [-0.15, -0.1) is 11.3 Å². The van der Waals surface area contributed by atoms with Gasteiger partial charge in [-0.25, -0.2) is 9.78 Å². The molecule has 4 nitrogen and oxygen atoms in total. The molecular formula is C12H10BrNO3S. The highest BCUT2D eigenvalue weighted by Crippen LogP contribution is 2.29. The summed E-state index contributed by atoms with van der Waals surface area (Å²) in [6, 6.07) is 7.58. The van der Waals surface area contributed by atoms with Gasteiger partial charge in [-0.2, -0.15) is 0 Å². The van der Waals surface area contributed by atoms with E-state index >= 15 is 0 Å². The Balaban J connectivity index is 2.42. The predicted octanol–water partition coefficient (Wildman–Crippen LogP) is 3.42. The Morgan fingerprint density at radius 3 is 2.67 bits per heavy atom. The molecule has 94 valence electrons. The van der Waals surface area contributed by atoms with Gasteiger partial charge in [-0.3, -0.25) is 0 Å². The third kappa shape index (κ3) is 2.77. The van der Waals surface area contributed by atoms with Crippen LogP contribution in [0.4, 0.5) is 0 Å². The van der Waals surface area contributed by atoms with Gasteiger partial charge in [0.25, 0.3) is 0 Å². The van der Waals surface area contributed by atoms with E-state index in [1.165, 1.54) is 7.11 Å². The van der Waals surface area contributed by atoms with Crippen LogP contribution < -0.4 is 0 Å². The zero-order valence-electron chi connectivity index (χ0n) is 9.51. The van der Waals surface area contributed by atoms with E-state index in [-0.39, 0.29) is 11.5 Å². The molecule has 0 aliphatic heterocycles. The fourth-order valence-corrected chi connectivity index (χ4v) is 2.65. The Kier molecular flexibility index (Phi) is 4.11. The zero-order chi connectivity index (χ0) is 13.1. The summed E-state index contributed by atoms with van der Waals surface area (Å²) < 4.78 is 5.93. The first-order chi connectivity index (χ1) is 8.61. The van der Waals surface area contributed by atoms with Gasteiger partial charge >= 0.3 is 5.97 Å². The summed E-state index contributed by atoms with van der Waals surface area (Å²) in [6.45, 7) is 0.203. The van der Waals surface area contributed by atoms with Gasteiger partial charge in [-0.1, -0.05) is 28.1 Å². The normalized spacial score (nSPS) is 10.6. The van der Waals surface area contributed by atoms with E-state index in [0.29, 0.717) is 10.7 Å². The number of aromatic nitrogens is 1. The van der Waals surface area contributed by atoms with E-state index in [1.54, 1.807) is 0 Å². The number of halogens is 1. The fourth-order valence-electron chi connectivity index (χ4n) is 1.47. The third-order valence-electron chi connectivity index (χ3n) is 2.26. The van der Waals surface area contributed by atoms with Crippen molar-refractivity contribution in [1.82, 2.24) is 4.98 Å². The molecule has 0 radical (unpaired) electrons. The number of rotatable bonds is 4. The minimum absolute atomic E-state index is 0.203. The average molecular weight is 328 g/mol. The number of benzene rings is 1. The Morgan fingerprint density at radius 1 is 1.44 bits per heavy atom. The van der Waals surface area contributed by atoms with Gasteiger partial charge < -0.3 is 9.84 Å². The Labute approximate surface area is 116 Å². The number of carboxylic acid groups (broad SMARTS) is 1. The molecular weight excluding hydrogens is 318 g/mol. The predicted molar refractivity (Wildman–Crippen MR) is 72.9 cm³/mol. The second-order valence-corrected chi connectivity index (χ2v) is 5.45. The van der Waals surface area contributed by atoms with E-state index in [4.69, 9.17) is 9.84 Å². The lowest BCUT2D eigenvalue weighted by atomic mass is 10.2. The molecule has 2 aromatic rings. The number of methoxy groups -OCH3 is 1. The standard InChI is InChI=1S/C12H10BrNO3S/c1-17-6-9-10(12(15)16)18-11(14-9)7-2-4-8(13)5-3-7/h2-5H,6H2,1H3,(H,15,16). The number of ether oxygens (including phenoxy) is 1. The highest BCUT2D eigenvalue weighted by Gasteiger charge is 2.17. The summed E-state index contributed by atoms with van der Waals surface area (Å²) in [6.07, 6.45) is 0. The highest BCUT2D eigenvalue weighted by molar-refractivity contribution is 9.10. The van der Waals surface area contributed by atoms with Crippen molar-refractivity contribution >= 4 is 33.2 Å². The fraction of sp³-hybridized carbons (Fsp3) is 0.167. The van der Waals surface area contributed by atoms with Crippen molar-refractivity contribution in [3.63, 3.8) is 0 Å². The van der Waals surface area contributed by atoms with E-state index < -0.39 is 5.97 Å². The van der Waals surface area contributed by atoms with Crippen LogP contribution in [0.2, 0.25) is 0 Å². The number of carboxylic acids is 1. The molecule has 0 amide bonds. The molecule has 1 N–H and O–H groups in total. The van der Waals surface area contributed by atoms with Crippen LogP contribution in [0.1, 0.15) is 15.4 Å². The summed E-state index contributed by atoms with van der Waals surface area (Å²) in [4.78, 5) is 15.7. The van der Waals surface area contributed by atoms with Gasteiger partial charge in [0.15, 0.2) is 0 Å². The molecule has 0 aliphatic rings. The SMILES string of the molecule is COCc1nc(-c2ccc(Br)cc2)sc1C(=O)O. The second kappa shape index (κ2) is 5.60. The topological polar surface area (TPSA) is 59.4 Å². The van der Waals surface area contributed by atoms with Crippen LogP contribution >= 0.6 is 27.3 Å². The van der Waals surface area contributed by atoms with Crippen LogP contribution in [0.5, 0.6) is 0 Å². The van der Waals surface area contributed by atoms with Crippen LogP contribution in [0.3, 0.4) is 0 Å². The maximum atomic E-state index is 11.1. The number of hydrogen-bond acceptors (Lipinski definition) is 4. The molecule has 0 spiro atoms. The number of hydrogen-bond donors (Lipinski definition) is 1. The third-order valence-corrected chi connectivity index (χ3v) is 3.93. The minimum atomic E-state index is -0.970. The summed E-state index contributed by atoms with van der Waals surface area (Å²) in [7, 11) is 1.52. The molecule has 1 aromatic heterocycles. The monoisotopic (exact) mass is 327 g/mol. The minimum Gasteiger partial charge on any atom is -0.477 e. The van der Waals surface area contributed by atoms with E-state index in [2.05, 4.69) is 20.9 Å². The Morgan fingerprint density at radius 2 is 2.11 bits per heavy atom. The number of thiazole rings is 1. The van der Waals surface area contributed by atoms with Crippen LogP contribution in [0.15, 0.2) is 28.7 Å². The maximum absolute atomic E-state index is 11.1. The van der Waals surface area contributed by atoms with Crippen molar-refractivity contribution in [3.05, 3.63) is 39.3 Å². The molecule has 0 saturated heterocycles. The lowest BCUT2D eigenvalue weighted by Crippen LogP contribution is -1.99. The van der Waals surface area contributed by atoms with Crippen molar-refractivity contribution in [1.29, 1.82) is 0 Å². The summed E-state index contributed by atoms with van der Waals surface area (Å²) in [5.74, 6) is -0.970. The zero-order valence-corrected chi connectivity index (χ0v) is 11.9. The van der Waals surface area contributed by atoms with Crippen LogP contribution in [0, 0.1) is 0 Å². The van der Waals surface area contributed by atoms with Crippen molar-refractivity contribution in [2.24, 2.45) is 0 Å². The first-order valence-electron chi connectivity index (χ1n) is 5.09. The van der Waals surface area contributed by atoms with E-state index in [1.807, 2.05) is 24.3 Å². The molecule has 1 heterocycles. The molecule has 0 saturated carbocycles. The van der Waals surface area contributed by atoms with Gasteiger partial charge in [0, 0.05) is 17.1 Å². The second-order valence-electron chi connectivity index (χ2n) is 3.54. The first kappa shape index (κ1) is 13.2. The Bertz CT molecular complexity index is 565. The van der Waals surface area contributed by atoms with Gasteiger partial charge in [0.05, 0.1) is 12.3 Å². The van der Waals surface area contributed by atoms with Crippen LogP contribution in [-0.2, 0) is 11.3 Å². The number of nitrogens with zero attached hydrogens (tertiary/aromatic N) is 1. The average Bonchev–Trinajstić information content (AvgIpc) is 2.75. The van der Waals surface area contributed by atoms with Crippen molar-refractivity contribution in [2.45, 2.75) is 6.61 Å². The van der Waals surface area contributed by atoms with Crippen LogP contribution in [-0.4, -0.2) is 23.2 Å². The van der Waals surface area contributed by atoms with Crippen molar-refractivity contribution in [2.75, 3.05) is 7.11 Å². The van der Waals surface area contributed by atoms with E-state index in [9.17, 15) is 4.79 Å². The lowest BCUT2D eigenvalue weighted by molar-refractivity contribution is 0.0697. The maximum Gasteiger partial charge on any atom is 0.347 e. The van der Waals surface area contributed by atoms with Gasteiger partial charge in [-0.05, 0) is 12.1 Å². The molecule has 0 bridgehead atoms. The van der Waals surface area contributed by atoms with Gasteiger partial charge in [0.1, 0.15) is 9.88 Å². The quantitative estimate of drug-likeness (QED) is 0.934. The van der Waals surface area contributed by atoms with Crippen LogP contribution in [0.25, 0.3) is 10.6 Å². The summed E-state index contributed by atoms with van der Waals surface area (Å²) in [5, 5.41) is 9.79. The van der Waals surface area contributed by atoms with Gasteiger partial charge in [0.2, 0.25) is 0 Å².